The fourth-order valence-corrected chi connectivity index (χ4v) is 3.68. The van der Waals surface area contributed by atoms with Crippen LogP contribution >= 0.6 is 0 Å². The molecule has 1 amide bonds. The zero-order chi connectivity index (χ0) is 24.0. The van der Waals surface area contributed by atoms with E-state index < -0.39 is 17.6 Å². The van der Waals surface area contributed by atoms with Crippen LogP contribution in [0, 0.1) is 11.6 Å². The molecule has 1 N–H and O–H groups in total. The summed E-state index contributed by atoms with van der Waals surface area (Å²) in [5, 5.41) is 0. The van der Waals surface area contributed by atoms with E-state index in [9.17, 15) is 18.4 Å². The molecule has 0 aliphatic carbocycles. The van der Waals surface area contributed by atoms with Gasteiger partial charge in [0.05, 0.1) is 17.9 Å². The van der Waals surface area contributed by atoms with Gasteiger partial charge in [-0.2, -0.15) is 0 Å². The van der Waals surface area contributed by atoms with Gasteiger partial charge < -0.3 is 19.3 Å². The summed E-state index contributed by atoms with van der Waals surface area (Å²) in [6, 6.07) is 2.20. The molecule has 0 spiro atoms. The van der Waals surface area contributed by atoms with E-state index in [-0.39, 0.29) is 36.2 Å². The van der Waals surface area contributed by atoms with Gasteiger partial charge >= 0.3 is 12.1 Å². The summed E-state index contributed by atoms with van der Waals surface area (Å²) in [5.41, 5.74) is 4.02. The maximum absolute atomic E-state index is 14.5. The highest BCUT2D eigenvalue weighted by atomic mass is 19.1. The molecule has 1 aromatic rings. The van der Waals surface area contributed by atoms with Gasteiger partial charge in [0.2, 0.25) is 0 Å². The Kier molecular flexibility index (Phi) is 8.49. The smallest absolute Gasteiger partial charge is 0.410 e. The van der Waals surface area contributed by atoms with Crippen molar-refractivity contribution in [3.8, 4) is 0 Å². The Balaban J connectivity index is 1.46. The summed E-state index contributed by atoms with van der Waals surface area (Å²) in [7, 11) is 0. The van der Waals surface area contributed by atoms with Crippen LogP contribution in [0.25, 0.3) is 0 Å². The number of piperidine rings is 1. The monoisotopic (exact) mass is 467 g/mol. The van der Waals surface area contributed by atoms with E-state index in [1.807, 2.05) is 19.9 Å². The second-order valence-corrected chi connectivity index (χ2v) is 8.44. The lowest BCUT2D eigenvalue weighted by Crippen LogP contribution is -2.43. The molecule has 33 heavy (non-hydrogen) atoms. The van der Waals surface area contributed by atoms with Crippen molar-refractivity contribution in [1.29, 1.82) is 0 Å². The van der Waals surface area contributed by atoms with E-state index in [1.54, 1.807) is 9.80 Å². The Morgan fingerprint density at radius 3 is 2.48 bits per heavy atom. The van der Waals surface area contributed by atoms with E-state index >= 15 is 0 Å². The highest BCUT2D eigenvalue weighted by molar-refractivity contribution is 5.68. The average molecular weight is 468 g/mol. The molecular weight excluding hydrogens is 436 g/mol. The Morgan fingerprint density at radius 2 is 1.88 bits per heavy atom. The van der Waals surface area contributed by atoms with E-state index in [4.69, 9.17) is 14.3 Å². The second kappa shape index (κ2) is 11.3. The van der Waals surface area contributed by atoms with Crippen LogP contribution in [-0.4, -0.2) is 55.3 Å². The van der Waals surface area contributed by atoms with Gasteiger partial charge in [-0.25, -0.2) is 13.6 Å². The van der Waals surface area contributed by atoms with Gasteiger partial charge in [0.1, 0.15) is 18.2 Å². The molecule has 1 fully saturated rings. The van der Waals surface area contributed by atoms with Crippen molar-refractivity contribution in [1.82, 2.24) is 10.4 Å². The number of hydrogen-bond acceptors (Lipinski definition) is 7. The van der Waals surface area contributed by atoms with Crippen LogP contribution in [0.15, 0.2) is 23.9 Å². The lowest BCUT2D eigenvalue weighted by molar-refractivity contribution is -0.142. The third kappa shape index (κ3) is 7.05. The number of nitrogens with one attached hydrogen (secondary N) is 1. The zero-order valence-corrected chi connectivity index (χ0v) is 19.2. The molecule has 0 bridgehead atoms. The second-order valence-electron chi connectivity index (χ2n) is 8.44. The molecule has 0 saturated carbocycles. The van der Waals surface area contributed by atoms with Gasteiger partial charge in [-0.15, -0.1) is 0 Å². The number of rotatable bonds is 7. The molecule has 2 aliphatic rings. The molecule has 1 aromatic carbocycles. The Labute approximate surface area is 192 Å². The van der Waals surface area contributed by atoms with Crippen molar-refractivity contribution in [3.05, 3.63) is 41.1 Å². The number of benzene rings is 1. The number of ether oxygens (including phenoxy) is 2. The summed E-state index contributed by atoms with van der Waals surface area (Å²) >= 11 is 0. The minimum Gasteiger partial charge on any atom is -0.461 e. The fourth-order valence-electron chi connectivity index (χ4n) is 3.68. The molecule has 8 nitrogen and oxygen atoms in total. The largest absolute Gasteiger partial charge is 0.461 e. The van der Waals surface area contributed by atoms with Gasteiger partial charge in [0, 0.05) is 56.9 Å². The maximum atomic E-state index is 14.5. The number of carbonyl (C=O) groups is 2. The number of carbonyl (C=O) groups excluding carboxylic acids is 2. The molecule has 2 aliphatic heterocycles. The van der Waals surface area contributed by atoms with Gasteiger partial charge in [-0.3, -0.25) is 15.1 Å². The minimum absolute atomic E-state index is 0.00160. The molecule has 0 aromatic heterocycles. The Morgan fingerprint density at radius 1 is 1.15 bits per heavy atom. The summed E-state index contributed by atoms with van der Waals surface area (Å²) < 4.78 is 38.8. The van der Waals surface area contributed by atoms with Crippen molar-refractivity contribution >= 4 is 17.7 Å². The summed E-state index contributed by atoms with van der Waals surface area (Å²) in [6.07, 6.45) is 3.39. The molecule has 10 heteroatoms. The number of anilines is 1. The molecule has 0 unspecified atom stereocenters. The first-order chi connectivity index (χ1) is 15.7. The number of halogens is 2. The van der Waals surface area contributed by atoms with Crippen molar-refractivity contribution in [2.24, 2.45) is 0 Å². The first kappa shape index (κ1) is 24.8. The molecule has 182 valence electrons. The average Bonchev–Trinajstić information content (AvgIpc) is 2.78. The SMILES string of the molecule is CC(=O)OCc1cc(F)c(N2CC=C(NOC3CCN(C(=O)OC(C)C)CC3)CC2)cc1F. The topological polar surface area (TPSA) is 80.3 Å². The van der Waals surface area contributed by atoms with Crippen molar-refractivity contribution < 1.29 is 32.7 Å². The summed E-state index contributed by atoms with van der Waals surface area (Å²) in [4.78, 5) is 32.1. The van der Waals surface area contributed by atoms with Crippen LogP contribution in [0.1, 0.15) is 45.6 Å². The van der Waals surface area contributed by atoms with Crippen LogP contribution in [-0.2, 0) is 25.7 Å². The molecule has 1 saturated heterocycles. The lowest BCUT2D eigenvalue weighted by atomic mass is 10.1. The Bertz CT molecular complexity index is 885. The third-order valence-corrected chi connectivity index (χ3v) is 5.49. The van der Waals surface area contributed by atoms with Gasteiger partial charge in [0.25, 0.3) is 0 Å². The van der Waals surface area contributed by atoms with E-state index in [0.717, 1.165) is 17.8 Å². The maximum Gasteiger partial charge on any atom is 0.410 e. The van der Waals surface area contributed by atoms with Crippen LogP contribution in [0.2, 0.25) is 0 Å². The van der Waals surface area contributed by atoms with E-state index in [1.165, 1.54) is 6.92 Å². The highest BCUT2D eigenvalue weighted by Gasteiger charge is 2.26. The number of likely N-dealkylation sites (tertiary alicyclic amines) is 1. The number of hydrogen-bond donors (Lipinski definition) is 1. The molecular formula is C23H31F2N3O5. The number of esters is 1. The normalized spacial score (nSPS) is 17.1. The van der Waals surface area contributed by atoms with Crippen LogP contribution in [0.3, 0.4) is 0 Å². The highest BCUT2D eigenvalue weighted by Crippen LogP contribution is 2.26. The number of amides is 1. The van der Waals surface area contributed by atoms with Crippen molar-refractivity contribution in [2.75, 3.05) is 31.1 Å². The number of nitrogens with zero attached hydrogens (tertiary/aromatic N) is 2. The first-order valence-electron chi connectivity index (χ1n) is 11.2. The van der Waals surface area contributed by atoms with Crippen molar-refractivity contribution in [2.45, 2.75) is 58.8 Å². The molecule has 2 heterocycles. The van der Waals surface area contributed by atoms with Gasteiger partial charge in [-0.1, -0.05) is 0 Å². The predicted octanol–water partition coefficient (Wildman–Crippen LogP) is 3.65. The molecule has 3 rings (SSSR count). The quantitative estimate of drug-likeness (QED) is 0.484. The number of hydroxylamine groups is 1. The summed E-state index contributed by atoms with van der Waals surface area (Å²) in [6.45, 7) is 6.58. The fraction of sp³-hybridized carbons (Fsp3) is 0.565. The van der Waals surface area contributed by atoms with Gasteiger partial charge in [-0.05, 0) is 38.8 Å². The summed E-state index contributed by atoms with van der Waals surface area (Å²) in [5.74, 6) is -1.74. The Hall–Kier alpha value is -2.88. The van der Waals surface area contributed by atoms with Crippen LogP contribution < -0.4 is 10.4 Å². The van der Waals surface area contributed by atoms with Crippen LogP contribution in [0.4, 0.5) is 19.3 Å². The predicted molar refractivity (Wildman–Crippen MR) is 117 cm³/mol. The third-order valence-electron chi connectivity index (χ3n) is 5.49. The van der Waals surface area contributed by atoms with Crippen molar-refractivity contribution in [3.63, 3.8) is 0 Å². The lowest BCUT2D eigenvalue weighted by Gasteiger charge is -2.33. The standard InChI is InChI=1S/C23H31F2N3O5/c1-15(2)32-23(30)28-10-6-19(7-11-28)33-26-18-4-8-27(9-5-18)22-13-20(24)17(12-21(22)25)14-31-16(3)29/h4,12-13,15,19,26H,5-11,14H2,1-3H3. The van der Waals surface area contributed by atoms with Crippen LogP contribution in [0.5, 0.6) is 0 Å². The van der Waals surface area contributed by atoms with Gasteiger partial charge in [0.15, 0.2) is 0 Å². The van der Waals surface area contributed by atoms with E-state index in [0.29, 0.717) is 45.4 Å². The zero-order valence-electron chi connectivity index (χ0n) is 19.2. The molecule has 0 radical (unpaired) electrons. The first-order valence-corrected chi connectivity index (χ1v) is 11.2. The van der Waals surface area contributed by atoms with E-state index in [2.05, 4.69) is 5.48 Å². The molecule has 0 atom stereocenters. The minimum atomic E-state index is -0.618.